The minimum Gasteiger partial charge on any atom is -0.350 e. The van der Waals surface area contributed by atoms with Crippen LogP contribution in [0.15, 0.2) is 77.9 Å². The molecule has 144 valence electrons. The SMILES string of the molecule is O=C(Cn1nc(-c2ccc(Cl)cc2)c2ccccc2c1=O)NCc1cccnc1. The molecule has 0 radical (unpaired) electrons. The molecule has 29 heavy (non-hydrogen) atoms. The molecular formula is C22H17ClN4O2. The molecular weight excluding hydrogens is 388 g/mol. The normalized spacial score (nSPS) is 10.8. The van der Waals surface area contributed by atoms with Gasteiger partial charge in [0, 0.05) is 34.9 Å². The Labute approximate surface area is 171 Å². The van der Waals surface area contributed by atoms with E-state index in [-0.39, 0.29) is 18.0 Å². The Balaban J connectivity index is 1.67. The van der Waals surface area contributed by atoms with E-state index in [1.54, 1.807) is 42.7 Å². The molecule has 6 nitrogen and oxygen atoms in total. The van der Waals surface area contributed by atoms with Crippen LogP contribution in [0.4, 0.5) is 0 Å². The van der Waals surface area contributed by atoms with Crippen LogP contribution in [0.25, 0.3) is 22.0 Å². The smallest absolute Gasteiger partial charge is 0.275 e. The lowest BCUT2D eigenvalue weighted by molar-refractivity contribution is -0.122. The van der Waals surface area contributed by atoms with Gasteiger partial charge >= 0.3 is 0 Å². The van der Waals surface area contributed by atoms with Crippen LogP contribution in [0.3, 0.4) is 0 Å². The standard InChI is InChI=1S/C22H17ClN4O2/c23-17-9-7-16(8-10-17)21-18-5-1-2-6-19(18)22(29)27(26-21)14-20(28)25-13-15-4-3-11-24-12-15/h1-12H,13-14H2,(H,25,28). The van der Waals surface area contributed by atoms with Gasteiger partial charge in [0.25, 0.3) is 5.56 Å². The molecule has 2 aromatic carbocycles. The van der Waals surface area contributed by atoms with Crippen molar-refractivity contribution in [2.24, 2.45) is 0 Å². The van der Waals surface area contributed by atoms with E-state index < -0.39 is 0 Å². The maximum Gasteiger partial charge on any atom is 0.275 e. The summed E-state index contributed by atoms with van der Waals surface area (Å²) in [5, 5.41) is 9.12. The summed E-state index contributed by atoms with van der Waals surface area (Å²) >= 11 is 6.00. The van der Waals surface area contributed by atoms with Gasteiger partial charge in [-0.2, -0.15) is 5.10 Å². The number of pyridine rings is 1. The molecule has 0 aliphatic carbocycles. The molecule has 1 N–H and O–H groups in total. The van der Waals surface area contributed by atoms with Gasteiger partial charge in [-0.1, -0.05) is 48.0 Å². The van der Waals surface area contributed by atoms with Crippen LogP contribution in [0.5, 0.6) is 0 Å². The first-order valence-electron chi connectivity index (χ1n) is 9.03. The second-order valence-corrected chi connectivity index (χ2v) is 6.94. The number of amides is 1. The maximum absolute atomic E-state index is 12.9. The van der Waals surface area contributed by atoms with Crippen molar-refractivity contribution in [3.8, 4) is 11.3 Å². The van der Waals surface area contributed by atoms with Crippen LogP contribution in [0, 0.1) is 0 Å². The largest absolute Gasteiger partial charge is 0.350 e. The number of nitrogens with one attached hydrogen (secondary N) is 1. The first kappa shape index (κ1) is 18.8. The topological polar surface area (TPSA) is 76.9 Å². The number of carbonyl (C=O) groups excluding carboxylic acids is 1. The third-order valence-electron chi connectivity index (χ3n) is 4.49. The zero-order valence-corrected chi connectivity index (χ0v) is 16.1. The first-order chi connectivity index (χ1) is 14.1. The molecule has 0 saturated carbocycles. The molecule has 0 saturated heterocycles. The van der Waals surface area contributed by atoms with Gasteiger partial charge in [-0.25, -0.2) is 4.68 Å². The van der Waals surface area contributed by atoms with Crippen LogP contribution < -0.4 is 10.9 Å². The van der Waals surface area contributed by atoms with Crippen LogP contribution in [0.1, 0.15) is 5.56 Å². The summed E-state index contributed by atoms with van der Waals surface area (Å²) in [4.78, 5) is 29.3. The molecule has 0 bridgehead atoms. The summed E-state index contributed by atoms with van der Waals surface area (Å²) in [6.07, 6.45) is 3.35. The predicted molar refractivity (Wildman–Crippen MR) is 113 cm³/mol. The van der Waals surface area contributed by atoms with Crippen molar-refractivity contribution in [3.05, 3.63) is 94.0 Å². The number of fused-ring (bicyclic) bond motifs is 1. The lowest BCUT2D eigenvalue weighted by atomic mass is 10.1. The highest BCUT2D eigenvalue weighted by Crippen LogP contribution is 2.25. The monoisotopic (exact) mass is 404 g/mol. The van der Waals surface area contributed by atoms with Gasteiger partial charge < -0.3 is 5.32 Å². The number of halogens is 1. The van der Waals surface area contributed by atoms with Gasteiger partial charge in [0.15, 0.2) is 0 Å². The van der Waals surface area contributed by atoms with Gasteiger partial charge in [-0.3, -0.25) is 14.6 Å². The fourth-order valence-corrected chi connectivity index (χ4v) is 3.18. The van der Waals surface area contributed by atoms with E-state index in [9.17, 15) is 9.59 Å². The van der Waals surface area contributed by atoms with E-state index in [1.165, 1.54) is 4.68 Å². The molecule has 0 fully saturated rings. The Bertz CT molecular complexity index is 1220. The zero-order valence-electron chi connectivity index (χ0n) is 15.4. The van der Waals surface area contributed by atoms with Gasteiger partial charge in [0.2, 0.25) is 5.91 Å². The Hall–Kier alpha value is -3.51. The predicted octanol–water partition coefficient (Wildman–Crippen LogP) is 3.43. The van der Waals surface area contributed by atoms with Gasteiger partial charge in [-0.15, -0.1) is 0 Å². The van der Waals surface area contributed by atoms with E-state index >= 15 is 0 Å². The molecule has 4 aromatic rings. The maximum atomic E-state index is 12.9. The minimum absolute atomic E-state index is 0.176. The molecule has 4 rings (SSSR count). The van der Waals surface area contributed by atoms with Crippen LogP contribution in [0.2, 0.25) is 5.02 Å². The van der Waals surface area contributed by atoms with Crippen LogP contribution in [-0.4, -0.2) is 20.7 Å². The summed E-state index contributed by atoms with van der Waals surface area (Å²) in [5.41, 5.74) is 2.00. The zero-order chi connectivity index (χ0) is 20.2. The number of nitrogens with zero attached hydrogens (tertiary/aromatic N) is 3. The minimum atomic E-state index is -0.310. The van der Waals surface area contributed by atoms with Crippen molar-refractivity contribution < 1.29 is 4.79 Å². The highest BCUT2D eigenvalue weighted by atomic mass is 35.5. The van der Waals surface area contributed by atoms with Crippen molar-refractivity contribution in [3.63, 3.8) is 0 Å². The number of rotatable bonds is 5. The fraction of sp³-hybridized carbons (Fsp3) is 0.0909. The molecule has 7 heteroatoms. The van der Waals surface area contributed by atoms with Gasteiger partial charge in [0.1, 0.15) is 6.54 Å². The third-order valence-corrected chi connectivity index (χ3v) is 4.74. The van der Waals surface area contributed by atoms with Gasteiger partial charge in [-0.05, 0) is 29.8 Å². The van der Waals surface area contributed by atoms with E-state index in [0.717, 1.165) is 16.5 Å². The molecule has 0 atom stereocenters. The van der Waals surface area contributed by atoms with Gasteiger partial charge in [0.05, 0.1) is 11.1 Å². The fourth-order valence-electron chi connectivity index (χ4n) is 3.06. The molecule has 0 aliphatic heterocycles. The van der Waals surface area contributed by atoms with Crippen molar-refractivity contribution in [1.82, 2.24) is 20.1 Å². The summed E-state index contributed by atoms with van der Waals surface area (Å²) in [5.74, 6) is -0.305. The summed E-state index contributed by atoms with van der Waals surface area (Å²) in [6.45, 7) is 0.156. The average molecular weight is 405 g/mol. The van der Waals surface area contributed by atoms with Crippen molar-refractivity contribution in [2.45, 2.75) is 13.1 Å². The number of aromatic nitrogens is 3. The lowest BCUT2D eigenvalue weighted by Gasteiger charge is -2.11. The number of carbonyl (C=O) groups is 1. The molecule has 1 amide bonds. The van der Waals surface area contributed by atoms with E-state index in [4.69, 9.17) is 11.6 Å². The number of hydrogen-bond donors (Lipinski definition) is 1. The second-order valence-electron chi connectivity index (χ2n) is 6.50. The van der Waals surface area contributed by atoms with E-state index in [1.807, 2.05) is 30.3 Å². The molecule has 0 spiro atoms. The summed E-state index contributed by atoms with van der Waals surface area (Å²) in [7, 11) is 0. The van der Waals surface area contributed by atoms with Crippen molar-refractivity contribution in [1.29, 1.82) is 0 Å². The quantitative estimate of drug-likeness (QED) is 0.553. The highest BCUT2D eigenvalue weighted by Gasteiger charge is 2.14. The first-order valence-corrected chi connectivity index (χ1v) is 9.41. The molecule has 0 aliphatic rings. The Morgan fingerprint density at radius 2 is 1.76 bits per heavy atom. The van der Waals surface area contributed by atoms with Crippen molar-refractivity contribution in [2.75, 3.05) is 0 Å². The Kier molecular flexibility index (Phi) is 5.35. The molecule has 2 heterocycles. The Morgan fingerprint density at radius 1 is 1.00 bits per heavy atom. The Morgan fingerprint density at radius 3 is 2.48 bits per heavy atom. The number of benzene rings is 2. The second kappa shape index (κ2) is 8.24. The molecule has 0 unspecified atom stereocenters. The lowest BCUT2D eigenvalue weighted by Crippen LogP contribution is -2.33. The van der Waals surface area contributed by atoms with Crippen LogP contribution >= 0.6 is 11.6 Å². The third kappa shape index (κ3) is 4.17. The summed E-state index contributed by atoms with van der Waals surface area (Å²) < 4.78 is 1.20. The van der Waals surface area contributed by atoms with Crippen molar-refractivity contribution >= 4 is 28.3 Å². The summed E-state index contributed by atoms with van der Waals surface area (Å²) in [6, 6.07) is 18.1. The number of hydrogen-bond acceptors (Lipinski definition) is 4. The van der Waals surface area contributed by atoms with Crippen LogP contribution in [-0.2, 0) is 17.9 Å². The van der Waals surface area contributed by atoms with E-state index in [0.29, 0.717) is 22.6 Å². The molecule has 2 aromatic heterocycles. The highest BCUT2D eigenvalue weighted by molar-refractivity contribution is 6.30. The van der Waals surface area contributed by atoms with E-state index in [2.05, 4.69) is 15.4 Å². The average Bonchev–Trinajstić information content (AvgIpc) is 2.76.